The minimum Gasteiger partial charge on any atom is -0.491 e. The van der Waals surface area contributed by atoms with Gasteiger partial charge in [0.15, 0.2) is 0 Å². The summed E-state index contributed by atoms with van der Waals surface area (Å²) in [5.74, 6) is 0.221. The average Bonchev–Trinajstić information content (AvgIpc) is 3.58. The second kappa shape index (κ2) is 21.3. The van der Waals surface area contributed by atoms with Crippen LogP contribution in [0.2, 0.25) is 15.1 Å². The maximum absolute atomic E-state index is 14.9. The number of hydrogen-bond donors (Lipinski definition) is 3. The van der Waals surface area contributed by atoms with Crippen molar-refractivity contribution < 1.29 is 19.1 Å². The minimum atomic E-state index is -0.366. The first-order chi connectivity index (χ1) is 28.4. The molecule has 0 bridgehead atoms. The number of nitrogens with zero attached hydrogens (tertiary/aromatic N) is 3. The van der Waals surface area contributed by atoms with E-state index in [2.05, 4.69) is 27.1 Å². The van der Waals surface area contributed by atoms with Gasteiger partial charge in [0, 0.05) is 63.8 Å². The quantitative estimate of drug-likeness (QED) is 0.0712. The minimum absolute atomic E-state index is 0.0974. The smallest absolute Gasteiger partial charge is 0.272 e. The van der Waals surface area contributed by atoms with E-state index >= 15 is 0 Å². The Morgan fingerprint density at radius 2 is 1.64 bits per heavy atom. The van der Waals surface area contributed by atoms with Gasteiger partial charge in [-0.25, -0.2) is 0 Å². The van der Waals surface area contributed by atoms with E-state index in [1.807, 2.05) is 124 Å². The summed E-state index contributed by atoms with van der Waals surface area (Å²) in [6.45, 7) is 10.5. The molecule has 5 aromatic rings. The highest BCUT2D eigenvalue weighted by Gasteiger charge is 2.30. The zero-order valence-electron chi connectivity index (χ0n) is 34.5. The summed E-state index contributed by atoms with van der Waals surface area (Å²) in [7, 11) is 7.62. The molecule has 0 aliphatic carbocycles. The van der Waals surface area contributed by atoms with Crippen LogP contribution in [-0.2, 0) is 9.53 Å². The van der Waals surface area contributed by atoms with Gasteiger partial charge in [0.05, 0.1) is 29.7 Å². The number of methoxy groups -OCH3 is 1. The van der Waals surface area contributed by atoms with Crippen molar-refractivity contribution in [3.8, 4) is 5.75 Å². The number of ether oxygens (including phenoxy) is 2. The topological polar surface area (TPSA) is 102 Å². The number of H-pyrrole nitrogens is 1. The summed E-state index contributed by atoms with van der Waals surface area (Å²) >= 11 is 19.7. The molecule has 2 heterocycles. The Bertz CT molecular complexity index is 2250. The van der Waals surface area contributed by atoms with Crippen LogP contribution >= 0.6 is 34.8 Å². The number of carbonyl (C=O) groups excluding carboxylic acids is 2. The van der Waals surface area contributed by atoms with E-state index in [4.69, 9.17) is 44.3 Å². The number of benzene rings is 4. The number of amides is 2. The molecule has 59 heavy (non-hydrogen) atoms. The van der Waals surface area contributed by atoms with Crippen LogP contribution in [0.3, 0.4) is 0 Å². The van der Waals surface area contributed by atoms with E-state index in [9.17, 15) is 9.59 Å². The van der Waals surface area contributed by atoms with Crippen LogP contribution < -0.4 is 20.3 Å². The molecule has 1 atom stereocenters. The van der Waals surface area contributed by atoms with E-state index in [1.165, 1.54) is 0 Å². The zero-order valence-corrected chi connectivity index (χ0v) is 36.7. The van der Waals surface area contributed by atoms with E-state index in [-0.39, 0.29) is 18.0 Å². The summed E-state index contributed by atoms with van der Waals surface area (Å²) in [5, 5.41) is 8.51. The average molecular weight is 860 g/mol. The highest BCUT2D eigenvalue weighted by Crippen LogP contribution is 2.43. The first kappa shape index (κ1) is 45.1. The molecule has 1 aromatic heterocycles. The first-order valence-corrected chi connectivity index (χ1v) is 20.6. The molecule has 10 nitrogen and oxygen atoms in total. The standard InChI is InChI=1S/C43H44Cl3N5O4.C3H9N/c1-5-51(28(3)34-14-11-30(44)23-36(34)46)42(27(2)29-9-7-6-8-10-29)40-35-15-12-31(45)24-37(35)48-41(40)43(53)49-38-25-33(55-22-21-54-4)13-16-39(38)50-19-17-32(18-20-50)47-26-52;1-4(2)3/h5-16,23-26,28,32,48H,1,17-22H2,2-4H3,(H,47,52)(H,49,53);1-3H3/b42-27+;. The van der Waals surface area contributed by atoms with Crippen molar-refractivity contribution in [2.75, 3.05) is 64.8 Å². The predicted octanol–water partition coefficient (Wildman–Crippen LogP) is 10.4. The van der Waals surface area contributed by atoms with Crippen LogP contribution in [0, 0.1) is 0 Å². The molecule has 1 aliphatic rings. The number of anilines is 2. The number of hydrogen-bond acceptors (Lipinski definition) is 7. The number of fused-ring (bicyclic) bond motifs is 1. The van der Waals surface area contributed by atoms with Gasteiger partial charge in [-0.2, -0.15) is 0 Å². The van der Waals surface area contributed by atoms with Crippen molar-refractivity contribution in [2.45, 2.75) is 38.8 Å². The Morgan fingerprint density at radius 3 is 2.29 bits per heavy atom. The predicted molar refractivity (Wildman–Crippen MR) is 245 cm³/mol. The van der Waals surface area contributed by atoms with Gasteiger partial charge in [0.1, 0.15) is 18.1 Å². The van der Waals surface area contributed by atoms with Crippen LogP contribution in [0.4, 0.5) is 11.4 Å². The largest absolute Gasteiger partial charge is 0.491 e. The van der Waals surface area contributed by atoms with Crippen molar-refractivity contribution in [3.05, 3.63) is 135 Å². The van der Waals surface area contributed by atoms with Gasteiger partial charge < -0.3 is 39.8 Å². The lowest BCUT2D eigenvalue weighted by molar-refractivity contribution is -0.110. The van der Waals surface area contributed by atoms with E-state index in [0.717, 1.165) is 52.7 Å². The third-order valence-corrected chi connectivity index (χ3v) is 10.8. The first-order valence-electron chi connectivity index (χ1n) is 19.4. The highest BCUT2D eigenvalue weighted by atomic mass is 35.5. The number of piperidine rings is 1. The molecule has 2 amide bonds. The van der Waals surface area contributed by atoms with Gasteiger partial charge >= 0.3 is 0 Å². The molecule has 1 saturated heterocycles. The molecule has 312 valence electrons. The van der Waals surface area contributed by atoms with Gasteiger partial charge in [-0.3, -0.25) is 9.59 Å². The van der Waals surface area contributed by atoms with Gasteiger partial charge in [-0.1, -0.05) is 83.8 Å². The lowest BCUT2D eigenvalue weighted by Crippen LogP contribution is -2.42. The molecule has 1 aliphatic heterocycles. The van der Waals surface area contributed by atoms with E-state index in [1.54, 1.807) is 19.4 Å². The van der Waals surface area contributed by atoms with Crippen LogP contribution in [0.15, 0.2) is 97.7 Å². The maximum Gasteiger partial charge on any atom is 0.272 e. The van der Waals surface area contributed by atoms with Crippen molar-refractivity contribution in [1.29, 1.82) is 0 Å². The summed E-state index contributed by atoms with van der Waals surface area (Å²) in [6.07, 6.45) is 4.05. The zero-order chi connectivity index (χ0) is 42.6. The summed E-state index contributed by atoms with van der Waals surface area (Å²) in [4.78, 5) is 35.7. The molecular weight excluding hydrogens is 807 g/mol. The molecule has 1 unspecified atom stereocenters. The van der Waals surface area contributed by atoms with E-state index < -0.39 is 0 Å². The number of aromatic amines is 1. The maximum atomic E-state index is 14.9. The molecule has 6 rings (SSSR count). The van der Waals surface area contributed by atoms with Crippen molar-refractivity contribution >= 4 is 80.7 Å². The number of rotatable bonds is 15. The molecular formula is C46H53Cl3N6O4. The number of aromatic nitrogens is 1. The number of carbonyl (C=O) groups is 2. The fourth-order valence-electron chi connectivity index (χ4n) is 7.15. The van der Waals surface area contributed by atoms with Crippen LogP contribution in [-0.4, -0.2) is 87.7 Å². The second-order valence-electron chi connectivity index (χ2n) is 14.7. The van der Waals surface area contributed by atoms with Crippen molar-refractivity contribution in [3.63, 3.8) is 0 Å². The summed E-state index contributed by atoms with van der Waals surface area (Å²) < 4.78 is 11.2. The summed E-state index contributed by atoms with van der Waals surface area (Å²) in [6, 6.07) is 26.5. The Balaban J connectivity index is 0.00000158. The van der Waals surface area contributed by atoms with Crippen LogP contribution in [0.25, 0.3) is 22.2 Å². The fourth-order valence-corrected chi connectivity index (χ4v) is 7.88. The van der Waals surface area contributed by atoms with Crippen LogP contribution in [0.1, 0.15) is 59.9 Å². The number of allylic oxidation sites excluding steroid dienone is 1. The normalized spacial score (nSPS) is 13.9. The molecule has 0 saturated carbocycles. The monoisotopic (exact) mass is 858 g/mol. The van der Waals surface area contributed by atoms with E-state index in [0.29, 0.717) is 69.6 Å². The molecule has 0 spiro atoms. The van der Waals surface area contributed by atoms with Crippen molar-refractivity contribution in [1.82, 2.24) is 20.1 Å². The third kappa shape index (κ3) is 11.4. The van der Waals surface area contributed by atoms with Gasteiger partial charge in [0.2, 0.25) is 6.41 Å². The Hall–Kier alpha value is -4.97. The molecule has 3 N–H and O–H groups in total. The van der Waals surface area contributed by atoms with Crippen LogP contribution in [0.5, 0.6) is 5.75 Å². The molecule has 1 fully saturated rings. The van der Waals surface area contributed by atoms with Gasteiger partial charge in [-0.05, 0) is 107 Å². The van der Waals surface area contributed by atoms with Gasteiger partial charge in [0.25, 0.3) is 5.91 Å². The van der Waals surface area contributed by atoms with Gasteiger partial charge in [-0.15, -0.1) is 0 Å². The Morgan fingerprint density at radius 1 is 0.966 bits per heavy atom. The fraction of sp³-hybridized carbons (Fsp3) is 0.304. The highest BCUT2D eigenvalue weighted by molar-refractivity contribution is 6.35. The number of nitrogens with one attached hydrogen (secondary N) is 3. The number of halogens is 3. The lowest BCUT2D eigenvalue weighted by atomic mass is 9.95. The Kier molecular flexibility index (Phi) is 16.3. The van der Waals surface area contributed by atoms with Crippen molar-refractivity contribution in [2.24, 2.45) is 0 Å². The molecule has 4 aromatic carbocycles. The molecule has 13 heteroatoms. The molecule has 0 radical (unpaired) electrons. The summed E-state index contributed by atoms with van der Waals surface area (Å²) in [5.41, 5.74) is 6.55. The lowest BCUT2D eigenvalue weighted by Gasteiger charge is -2.34. The second-order valence-corrected chi connectivity index (χ2v) is 16.0. The SMILES string of the molecule is C=CN(/C(=C(\C)c1ccccc1)c1c(C(=O)Nc2cc(OCCOC)ccc2N2CCC(NC=O)CC2)[nH]c2cc(Cl)ccc12)C(C)c1ccc(Cl)cc1Cl.CN(C)C. The Labute approximate surface area is 362 Å². The third-order valence-electron chi connectivity index (χ3n) is 9.98.